The van der Waals surface area contributed by atoms with Gasteiger partial charge in [-0.1, -0.05) is 18.2 Å². The lowest BCUT2D eigenvalue weighted by Crippen LogP contribution is -2.21. The fourth-order valence-electron chi connectivity index (χ4n) is 3.69. The number of hydrogen-bond donors (Lipinski definition) is 4. The number of anilines is 2. The number of hydrogen-bond acceptors (Lipinski definition) is 3. The van der Waals surface area contributed by atoms with Crippen LogP contribution in [-0.4, -0.2) is 24.1 Å². The highest BCUT2D eigenvalue weighted by atomic mass is 16.4. The van der Waals surface area contributed by atoms with Gasteiger partial charge in [0.2, 0.25) is 0 Å². The van der Waals surface area contributed by atoms with E-state index in [9.17, 15) is 4.79 Å². The Balaban J connectivity index is 1.67. The number of nitrogens with zero attached hydrogens (tertiary/aromatic N) is 1. The van der Waals surface area contributed by atoms with Gasteiger partial charge >= 0.3 is 5.97 Å². The van der Waals surface area contributed by atoms with Crippen molar-refractivity contribution in [2.75, 3.05) is 17.3 Å². The topological polar surface area (TPSA) is 102 Å². The van der Waals surface area contributed by atoms with E-state index in [4.69, 9.17) is 16.2 Å². The van der Waals surface area contributed by atoms with E-state index in [0.717, 1.165) is 42.7 Å². The van der Waals surface area contributed by atoms with E-state index in [0.29, 0.717) is 0 Å². The first-order valence-electron chi connectivity index (χ1n) is 9.15. The van der Waals surface area contributed by atoms with Gasteiger partial charge < -0.3 is 21.1 Å². The fraction of sp³-hybridized carbons (Fsp3) is 0.333. The number of guanidine groups is 1. The molecule has 5 N–H and O–H groups in total. The fourth-order valence-corrected chi connectivity index (χ4v) is 3.69. The summed E-state index contributed by atoms with van der Waals surface area (Å²) in [5, 5.41) is 19.1. The van der Waals surface area contributed by atoms with Crippen LogP contribution in [0.3, 0.4) is 0 Å². The van der Waals surface area contributed by atoms with Gasteiger partial charge in [-0.2, -0.15) is 0 Å². The van der Waals surface area contributed by atoms with E-state index in [1.54, 1.807) is 0 Å². The molecule has 3 rings (SSSR count). The molecule has 0 saturated heterocycles. The number of benzene rings is 2. The largest absolute Gasteiger partial charge is 0.481 e. The van der Waals surface area contributed by atoms with E-state index < -0.39 is 5.97 Å². The van der Waals surface area contributed by atoms with Crippen LogP contribution in [0.2, 0.25) is 0 Å². The molecular formula is C21H26N4O2. The van der Waals surface area contributed by atoms with Crippen LogP contribution < -0.4 is 16.0 Å². The third kappa shape index (κ3) is 5.00. The maximum Gasteiger partial charge on any atom is 0.303 e. The summed E-state index contributed by atoms with van der Waals surface area (Å²) in [4.78, 5) is 13.2. The van der Waals surface area contributed by atoms with Gasteiger partial charge in [0, 0.05) is 31.4 Å². The molecule has 1 atom stereocenters. The van der Waals surface area contributed by atoms with E-state index in [1.807, 2.05) is 24.3 Å². The van der Waals surface area contributed by atoms with Crippen molar-refractivity contribution in [2.45, 2.75) is 32.2 Å². The van der Waals surface area contributed by atoms with Gasteiger partial charge in [0.1, 0.15) is 0 Å². The molecular weight excluding hydrogens is 340 g/mol. The first kappa shape index (κ1) is 18.8. The molecule has 27 heavy (non-hydrogen) atoms. The highest BCUT2D eigenvalue weighted by molar-refractivity contribution is 5.89. The summed E-state index contributed by atoms with van der Waals surface area (Å²) in [6, 6.07) is 14.4. The Hall–Kier alpha value is -3.02. The number of aryl methyl sites for hydroxylation is 1. The van der Waals surface area contributed by atoms with E-state index in [-0.39, 0.29) is 18.3 Å². The van der Waals surface area contributed by atoms with Crippen LogP contribution in [0.1, 0.15) is 29.5 Å². The second-order valence-electron chi connectivity index (χ2n) is 7.25. The molecule has 0 aliphatic heterocycles. The highest BCUT2D eigenvalue weighted by Crippen LogP contribution is 2.30. The van der Waals surface area contributed by atoms with E-state index in [1.165, 1.54) is 11.1 Å². The third-order valence-corrected chi connectivity index (χ3v) is 5.08. The molecule has 2 aromatic rings. The monoisotopic (exact) mass is 366 g/mol. The maximum atomic E-state index is 11.0. The maximum absolute atomic E-state index is 11.0. The molecule has 0 saturated carbocycles. The summed E-state index contributed by atoms with van der Waals surface area (Å²) in [6.07, 6.45) is 3.01. The molecule has 6 heteroatoms. The Morgan fingerprint density at radius 1 is 1.26 bits per heavy atom. The summed E-state index contributed by atoms with van der Waals surface area (Å²) in [5.41, 5.74) is 11.1. The highest BCUT2D eigenvalue weighted by Gasteiger charge is 2.21. The van der Waals surface area contributed by atoms with Crippen LogP contribution in [0.5, 0.6) is 0 Å². The Labute approximate surface area is 159 Å². The van der Waals surface area contributed by atoms with Gasteiger partial charge in [0.05, 0.1) is 0 Å². The minimum absolute atomic E-state index is 0.0740. The van der Waals surface area contributed by atoms with Gasteiger partial charge in [-0.05, 0) is 66.1 Å². The first-order valence-corrected chi connectivity index (χ1v) is 9.15. The van der Waals surface area contributed by atoms with Crippen LogP contribution in [0, 0.1) is 11.3 Å². The quantitative estimate of drug-likeness (QED) is 0.464. The predicted molar refractivity (Wildman–Crippen MR) is 108 cm³/mol. The van der Waals surface area contributed by atoms with Gasteiger partial charge in [0.15, 0.2) is 5.96 Å². The zero-order valence-electron chi connectivity index (χ0n) is 15.5. The van der Waals surface area contributed by atoms with Crippen molar-refractivity contribution in [1.29, 1.82) is 5.41 Å². The molecule has 1 aliphatic rings. The van der Waals surface area contributed by atoms with Crippen LogP contribution >= 0.6 is 0 Å². The molecule has 2 aromatic carbocycles. The summed E-state index contributed by atoms with van der Waals surface area (Å²) in [6.45, 7) is 0.762. The Morgan fingerprint density at radius 3 is 2.67 bits per heavy atom. The number of rotatable bonds is 6. The lowest BCUT2D eigenvalue weighted by atomic mass is 9.82. The standard InChI is InChI=1S/C21H26N4O2/c1-25(13-14-3-7-18(8-4-14)24-21(22)23)19-9-6-16-5-2-15(11-20(26)27)10-17(16)12-19/h3-4,6-9,12,15H,2,5,10-11,13H2,1H3,(H,26,27)(H4,22,23,24). The summed E-state index contributed by atoms with van der Waals surface area (Å²) < 4.78 is 0. The lowest BCUT2D eigenvalue weighted by Gasteiger charge is -2.26. The van der Waals surface area contributed by atoms with Gasteiger partial charge in [0.25, 0.3) is 0 Å². The SMILES string of the molecule is CN(Cc1ccc(NC(=N)N)cc1)c1ccc2c(c1)CC(CC(=O)O)CC2. The molecule has 0 spiro atoms. The summed E-state index contributed by atoms with van der Waals surface area (Å²) in [7, 11) is 2.06. The molecule has 0 radical (unpaired) electrons. The predicted octanol–water partition coefficient (Wildman–Crippen LogP) is 3.21. The zero-order chi connectivity index (χ0) is 19.4. The third-order valence-electron chi connectivity index (χ3n) is 5.08. The summed E-state index contributed by atoms with van der Waals surface area (Å²) in [5.74, 6) is -0.550. The zero-order valence-corrected chi connectivity index (χ0v) is 15.5. The number of carboxylic acid groups (broad SMARTS) is 1. The smallest absolute Gasteiger partial charge is 0.303 e. The van der Waals surface area contributed by atoms with Crippen LogP contribution in [0.25, 0.3) is 0 Å². The van der Waals surface area contributed by atoms with Crippen molar-refractivity contribution in [2.24, 2.45) is 11.7 Å². The second-order valence-corrected chi connectivity index (χ2v) is 7.25. The molecule has 0 fully saturated rings. The van der Waals surface area contributed by atoms with Gasteiger partial charge in [-0.15, -0.1) is 0 Å². The number of nitrogens with one attached hydrogen (secondary N) is 2. The second kappa shape index (κ2) is 8.12. The minimum Gasteiger partial charge on any atom is -0.481 e. The molecule has 0 heterocycles. The minimum atomic E-state index is -0.709. The average Bonchev–Trinajstić information content (AvgIpc) is 2.61. The van der Waals surface area contributed by atoms with Crippen molar-refractivity contribution in [3.8, 4) is 0 Å². The van der Waals surface area contributed by atoms with Crippen molar-refractivity contribution >= 4 is 23.3 Å². The van der Waals surface area contributed by atoms with Crippen molar-refractivity contribution in [3.63, 3.8) is 0 Å². The van der Waals surface area contributed by atoms with Crippen molar-refractivity contribution < 1.29 is 9.90 Å². The molecule has 0 amide bonds. The van der Waals surface area contributed by atoms with Gasteiger partial charge in [-0.3, -0.25) is 10.2 Å². The number of carbonyl (C=O) groups is 1. The average molecular weight is 366 g/mol. The van der Waals surface area contributed by atoms with E-state index >= 15 is 0 Å². The normalized spacial score (nSPS) is 15.7. The molecule has 6 nitrogen and oxygen atoms in total. The van der Waals surface area contributed by atoms with Crippen LogP contribution in [0.4, 0.5) is 11.4 Å². The van der Waals surface area contributed by atoms with Crippen LogP contribution in [0.15, 0.2) is 42.5 Å². The molecule has 0 aromatic heterocycles. The van der Waals surface area contributed by atoms with Gasteiger partial charge in [-0.25, -0.2) is 0 Å². The number of nitrogens with two attached hydrogens (primary N) is 1. The summed E-state index contributed by atoms with van der Waals surface area (Å²) >= 11 is 0. The number of carboxylic acids is 1. The molecule has 142 valence electrons. The van der Waals surface area contributed by atoms with E-state index in [2.05, 4.69) is 35.5 Å². The van der Waals surface area contributed by atoms with Crippen LogP contribution in [-0.2, 0) is 24.2 Å². The Bertz CT molecular complexity index is 833. The number of aliphatic carboxylic acids is 1. The Morgan fingerprint density at radius 2 is 2.00 bits per heavy atom. The Kier molecular flexibility index (Phi) is 5.64. The molecule has 1 unspecified atom stereocenters. The van der Waals surface area contributed by atoms with Crippen molar-refractivity contribution in [3.05, 3.63) is 59.2 Å². The lowest BCUT2D eigenvalue weighted by molar-refractivity contribution is -0.138. The first-order chi connectivity index (χ1) is 12.9. The molecule has 1 aliphatic carbocycles. The number of fused-ring (bicyclic) bond motifs is 1. The van der Waals surface area contributed by atoms with Crippen molar-refractivity contribution in [1.82, 2.24) is 0 Å². The molecule has 0 bridgehead atoms.